The summed E-state index contributed by atoms with van der Waals surface area (Å²) in [4.78, 5) is 23.3. The van der Waals surface area contributed by atoms with E-state index >= 15 is 0 Å². The third-order valence-electron chi connectivity index (χ3n) is 7.18. The lowest BCUT2D eigenvalue weighted by atomic mass is 9.87. The lowest BCUT2D eigenvalue weighted by Gasteiger charge is -2.20. The number of halogens is 2. The van der Waals surface area contributed by atoms with Gasteiger partial charge in [0.1, 0.15) is 22.7 Å². The first kappa shape index (κ1) is 26.9. The summed E-state index contributed by atoms with van der Waals surface area (Å²) in [7, 11) is -3.37. The zero-order chi connectivity index (χ0) is 26.9. The molecule has 2 aliphatic rings. The summed E-state index contributed by atoms with van der Waals surface area (Å²) >= 11 is 1.22. The van der Waals surface area contributed by atoms with Gasteiger partial charge in [-0.15, -0.1) is 0 Å². The van der Waals surface area contributed by atoms with Crippen molar-refractivity contribution in [2.45, 2.75) is 80.3 Å². The Morgan fingerprint density at radius 2 is 1.82 bits per heavy atom. The van der Waals surface area contributed by atoms with Gasteiger partial charge in [-0.3, -0.25) is 4.79 Å². The fraction of sp³-hybridized carbons (Fsp3) is 0.519. The number of unbranched alkanes of at least 4 members (excludes halogenated alkanes) is 1. The number of carbonyl (C=O) groups is 1. The largest absolute Gasteiger partial charge is 0.478 e. The van der Waals surface area contributed by atoms with Crippen LogP contribution in [-0.2, 0) is 14.6 Å². The molecule has 2 fully saturated rings. The van der Waals surface area contributed by atoms with Crippen LogP contribution in [0.25, 0.3) is 10.3 Å². The summed E-state index contributed by atoms with van der Waals surface area (Å²) in [5, 5.41) is 2.88. The van der Waals surface area contributed by atoms with Gasteiger partial charge in [-0.2, -0.15) is 0 Å². The third kappa shape index (κ3) is 5.98. The van der Waals surface area contributed by atoms with Gasteiger partial charge in [0.15, 0.2) is 15.0 Å². The number of rotatable bonds is 11. The minimum Gasteiger partial charge on any atom is -0.478 e. The van der Waals surface area contributed by atoms with E-state index in [2.05, 4.69) is 22.2 Å². The van der Waals surface area contributed by atoms with E-state index in [1.54, 1.807) is 24.3 Å². The molecule has 11 heteroatoms. The maximum atomic E-state index is 13.9. The zero-order valence-corrected chi connectivity index (χ0v) is 22.7. The molecule has 1 aromatic carbocycles. The molecule has 1 amide bonds. The van der Waals surface area contributed by atoms with Crippen molar-refractivity contribution in [2.24, 2.45) is 5.92 Å². The third-order valence-corrected chi connectivity index (χ3v) is 10.3. The number of hydrogen-bond donors (Lipinski definition) is 1. The highest BCUT2D eigenvalue weighted by Gasteiger charge is 2.39. The van der Waals surface area contributed by atoms with E-state index in [1.807, 2.05) is 0 Å². The minimum atomic E-state index is -3.37. The fourth-order valence-corrected chi connectivity index (χ4v) is 7.35. The average molecular weight is 564 g/mol. The van der Waals surface area contributed by atoms with Crippen LogP contribution in [0, 0.1) is 5.92 Å². The van der Waals surface area contributed by atoms with Crippen molar-refractivity contribution < 1.29 is 26.7 Å². The second-order valence-corrected chi connectivity index (χ2v) is 13.4. The van der Waals surface area contributed by atoms with Crippen LogP contribution in [0.15, 0.2) is 41.3 Å². The predicted molar refractivity (Wildman–Crippen MR) is 143 cm³/mol. The van der Waals surface area contributed by atoms with Gasteiger partial charge in [0.05, 0.1) is 22.7 Å². The van der Waals surface area contributed by atoms with Crippen LogP contribution in [0.5, 0.6) is 5.88 Å². The Hall–Kier alpha value is -2.66. The van der Waals surface area contributed by atoms with E-state index in [0.29, 0.717) is 46.4 Å². The van der Waals surface area contributed by atoms with Gasteiger partial charge in [-0.05, 0) is 68.2 Å². The van der Waals surface area contributed by atoms with Crippen molar-refractivity contribution in [3.63, 3.8) is 0 Å². The van der Waals surface area contributed by atoms with Crippen molar-refractivity contribution in [3.8, 4) is 5.88 Å². The second kappa shape index (κ2) is 11.2. The Morgan fingerprint density at radius 1 is 1.11 bits per heavy atom. The van der Waals surface area contributed by atoms with Gasteiger partial charge in [0.25, 0.3) is 0 Å². The smallest absolute Gasteiger partial charge is 0.233 e. The van der Waals surface area contributed by atoms with Crippen LogP contribution in [0.4, 0.5) is 13.9 Å². The van der Waals surface area contributed by atoms with Crippen LogP contribution in [0.1, 0.15) is 63.4 Å². The molecule has 0 aliphatic heterocycles. The zero-order valence-electron chi connectivity index (χ0n) is 21.1. The van der Waals surface area contributed by atoms with Crippen molar-refractivity contribution >= 4 is 42.6 Å². The van der Waals surface area contributed by atoms with Crippen molar-refractivity contribution in [1.82, 2.24) is 9.97 Å². The lowest BCUT2D eigenvalue weighted by Crippen LogP contribution is -2.23. The number of carbonyl (C=O) groups excluding carboxylic acids is 1. The number of thiazole rings is 1. The van der Waals surface area contributed by atoms with Gasteiger partial charge in [0.2, 0.25) is 11.8 Å². The average Bonchev–Trinajstić information content (AvgIpc) is 3.61. The predicted octanol–water partition coefficient (Wildman–Crippen LogP) is 6.00. The number of fused-ring (bicyclic) bond motifs is 1. The first-order valence-corrected chi connectivity index (χ1v) is 15.4. The number of anilines is 1. The number of sulfone groups is 1. The molecule has 7 nitrogen and oxygen atoms in total. The molecule has 4 atom stereocenters. The number of aromatic nitrogens is 2. The summed E-state index contributed by atoms with van der Waals surface area (Å²) in [6.45, 7) is 2.65. The second-order valence-electron chi connectivity index (χ2n) is 10.2. The van der Waals surface area contributed by atoms with Crippen molar-refractivity contribution in [3.05, 3.63) is 42.0 Å². The first-order valence-electron chi connectivity index (χ1n) is 13.1. The van der Waals surface area contributed by atoms with Crippen molar-refractivity contribution in [2.75, 3.05) is 11.9 Å². The molecule has 2 saturated carbocycles. The molecule has 1 unspecified atom stereocenters. The molecule has 2 aromatic heterocycles. The Morgan fingerprint density at radius 3 is 2.47 bits per heavy atom. The van der Waals surface area contributed by atoms with Crippen LogP contribution >= 0.6 is 11.3 Å². The number of nitrogens with one attached hydrogen (secondary N) is 1. The van der Waals surface area contributed by atoms with E-state index in [1.165, 1.54) is 23.5 Å². The highest BCUT2D eigenvalue weighted by atomic mass is 32.2. The fourth-order valence-electron chi connectivity index (χ4n) is 4.86. The minimum absolute atomic E-state index is 0.0605. The number of alkyl halides is 2. The summed E-state index contributed by atoms with van der Waals surface area (Å²) in [6.07, 6.45) is 0.571. The Bertz CT molecular complexity index is 1380. The highest BCUT2D eigenvalue weighted by Crippen LogP contribution is 2.39. The number of pyridine rings is 1. The number of hydrogen-bond acceptors (Lipinski definition) is 7. The molecule has 2 heterocycles. The molecule has 0 spiro atoms. The monoisotopic (exact) mass is 563 g/mol. The van der Waals surface area contributed by atoms with E-state index in [9.17, 15) is 22.0 Å². The van der Waals surface area contributed by atoms with Crippen LogP contribution < -0.4 is 10.1 Å². The van der Waals surface area contributed by atoms with E-state index in [0.717, 1.165) is 12.8 Å². The molecule has 2 aliphatic carbocycles. The maximum absolute atomic E-state index is 13.9. The molecule has 0 radical (unpaired) electrons. The number of benzene rings is 1. The molecule has 38 heavy (non-hydrogen) atoms. The molecular formula is C27H31F2N3O4S2. The normalized spacial score (nSPS) is 22.4. The molecule has 0 bridgehead atoms. The molecule has 5 rings (SSSR count). The first-order chi connectivity index (χ1) is 18.2. The van der Waals surface area contributed by atoms with Crippen LogP contribution in [0.2, 0.25) is 0 Å². The Balaban J connectivity index is 1.35. The Kier molecular flexibility index (Phi) is 7.95. The molecule has 1 N–H and O–H groups in total. The van der Waals surface area contributed by atoms with Gasteiger partial charge >= 0.3 is 0 Å². The summed E-state index contributed by atoms with van der Waals surface area (Å²) in [6, 6.07) is 9.84. The van der Waals surface area contributed by atoms with Crippen LogP contribution in [-0.4, -0.2) is 48.5 Å². The Labute approximate surface area is 224 Å². The molecule has 204 valence electrons. The topological polar surface area (TPSA) is 98.2 Å². The van der Waals surface area contributed by atoms with E-state index in [4.69, 9.17) is 4.74 Å². The SMILES string of the molecule is CCCCOc1ccc2nc(NC(=O)[C@H](CC3C[C@@H](F)[C@@H](F)C3)c3ccc(S(=O)(=O)C4CC4)cc3)sc2n1. The standard InChI is InChI=1S/C27H31F2N3O4S2/c1-2-3-12-36-24-11-10-23-26(31-24)37-27(30-23)32-25(33)20(13-16-14-21(28)22(29)15-16)17-4-6-18(7-5-17)38(34,35)19-8-9-19/h4-7,10-11,16,19-22H,2-3,8-9,12-15H2,1H3,(H,30,32,33)/t16?,20-,21-,22+/m1/s1. The quantitative estimate of drug-likeness (QED) is 0.287. The summed E-state index contributed by atoms with van der Waals surface area (Å²) < 4.78 is 58.7. The van der Waals surface area contributed by atoms with Gasteiger partial charge in [-0.1, -0.05) is 36.8 Å². The number of amides is 1. The molecule has 3 aromatic rings. The van der Waals surface area contributed by atoms with Crippen LogP contribution in [0.3, 0.4) is 0 Å². The molecule has 0 saturated heterocycles. The van der Waals surface area contributed by atoms with Gasteiger partial charge in [-0.25, -0.2) is 27.2 Å². The maximum Gasteiger partial charge on any atom is 0.233 e. The van der Waals surface area contributed by atoms with Gasteiger partial charge in [0, 0.05) is 6.07 Å². The van der Waals surface area contributed by atoms with E-state index < -0.39 is 28.1 Å². The van der Waals surface area contributed by atoms with Gasteiger partial charge < -0.3 is 10.1 Å². The summed E-state index contributed by atoms with van der Waals surface area (Å²) in [5.74, 6) is -0.887. The van der Waals surface area contributed by atoms with Crippen molar-refractivity contribution in [1.29, 1.82) is 0 Å². The highest BCUT2D eigenvalue weighted by molar-refractivity contribution is 7.92. The number of ether oxygens (including phenoxy) is 1. The summed E-state index contributed by atoms with van der Waals surface area (Å²) in [5.41, 5.74) is 1.22. The lowest BCUT2D eigenvalue weighted by molar-refractivity contribution is -0.118. The molecular weight excluding hydrogens is 532 g/mol. The van der Waals surface area contributed by atoms with E-state index in [-0.39, 0.29) is 41.2 Å². The number of nitrogens with zero attached hydrogens (tertiary/aromatic N) is 2.